The Labute approximate surface area is 209 Å². The van der Waals surface area contributed by atoms with Crippen molar-refractivity contribution in [1.29, 1.82) is 0 Å². The predicted molar refractivity (Wildman–Crippen MR) is 133 cm³/mol. The summed E-state index contributed by atoms with van der Waals surface area (Å²) in [6.07, 6.45) is -3.51. The maximum atomic E-state index is 14.9. The van der Waals surface area contributed by atoms with Gasteiger partial charge in [-0.15, -0.1) is 0 Å². The largest absolute Gasteiger partial charge is 0.443 e. The Bertz CT molecular complexity index is 998. The lowest BCUT2D eigenvalue weighted by Gasteiger charge is -2.38. The quantitative estimate of drug-likeness (QED) is 0.166. The summed E-state index contributed by atoms with van der Waals surface area (Å²) in [6.45, 7) is 13.3. The van der Waals surface area contributed by atoms with Crippen LogP contribution < -0.4 is 0 Å². The molecular formula is C24H34F4N2O3SSi. The van der Waals surface area contributed by atoms with Gasteiger partial charge in [0.15, 0.2) is 16.8 Å². The highest BCUT2D eigenvalue weighted by Crippen LogP contribution is 2.68. The fourth-order valence-electron chi connectivity index (χ4n) is 4.10. The predicted octanol–water partition coefficient (Wildman–Crippen LogP) is 6.86. The van der Waals surface area contributed by atoms with E-state index in [2.05, 4.69) is 24.6 Å². The molecule has 0 N–H and O–H groups in total. The highest BCUT2D eigenvalue weighted by molar-refractivity contribution is 8.15. The maximum Gasteiger partial charge on any atom is 0.418 e. The molecule has 1 aromatic rings. The number of nitrogens with zero attached hydrogens (tertiary/aromatic N) is 2. The second-order valence-electron chi connectivity index (χ2n) is 11.5. The SMILES string of the molecule is CC(C)(C)OC(=O)N(COCC[Si](C)(C)C)C1=N[C@](C)(c2cccc(F)c2F)[C@@H]2C[C@]2(C(F)F)S1. The van der Waals surface area contributed by atoms with Crippen LogP contribution in [0.4, 0.5) is 22.4 Å². The van der Waals surface area contributed by atoms with Crippen molar-refractivity contribution in [1.82, 2.24) is 4.90 Å². The number of hydrogen-bond acceptors (Lipinski definition) is 5. The zero-order chi connectivity index (χ0) is 26.4. The van der Waals surface area contributed by atoms with Crippen LogP contribution in [0, 0.1) is 17.6 Å². The molecule has 5 nitrogen and oxygen atoms in total. The maximum absolute atomic E-state index is 14.9. The lowest BCUT2D eigenvalue weighted by atomic mass is 9.85. The van der Waals surface area contributed by atoms with E-state index in [0.717, 1.165) is 28.8 Å². The smallest absolute Gasteiger partial charge is 0.418 e. The van der Waals surface area contributed by atoms with E-state index in [-0.39, 0.29) is 23.9 Å². The molecule has 1 aliphatic carbocycles. The summed E-state index contributed by atoms with van der Waals surface area (Å²) in [4.78, 5) is 18.8. The third-order valence-electron chi connectivity index (χ3n) is 6.17. The molecule has 0 bridgehead atoms. The van der Waals surface area contributed by atoms with Gasteiger partial charge < -0.3 is 9.47 Å². The number of thioether (sulfide) groups is 1. The third-order valence-corrected chi connectivity index (χ3v) is 9.38. The number of carbonyl (C=O) groups excluding carboxylic acids is 1. The monoisotopic (exact) mass is 534 g/mol. The van der Waals surface area contributed by atoms with Crippen LogP contribution in [0.25, 0.3) is 0 Å². The van der Waals surface area contributed by atoms with Crippen LogP contribution in [0.1, 0.15) is 39.7 Å². The normalized spacial score (nSPS) is 26.3. The minimum Gasteiger partial charge on any atom is -0.443 e. The number of amides is 1. The molecule has 1 aromatic carbocycles. The lowest BCUT2D eigenvalue weighted by Crippen LogP contribution is -2.46. The van der Waals surface area contributed by atoms with Gasteiger partial charge in [-0.25, -0.2) is 27.3 Å². The average Bonchev–Trinajstić information content (AvgIpc) is 3.45. The van der Waals surface area contributed by atoms with E-state index in [0.29, 0.717) is 6.61 Å². The first-order valence-corrected chi connectivity index (χ1v) is 16.1. The molecule has 196 valence electrons. The topological polar surface area (TPSA) is 51.1 Å². The second-order valence-corrected chi connectivity index (χ2v) is 18.5. The fourth-order valence-corrected chi connectivity index (χ4v) is 6.38. The number of alkyl halides is 2. The van der Waals surface area contributed by atoms with Gasteiger partial charge in [0.2, 0.25) is 0 Å². The molecule has 11 heteroatoms. The number of aliphatic imine (C=N–C) groups is 1. The summed E-state index contributed by atoms with van der Waals surface area (Å²) in [6, 6.07) is 4.49. The standard InChI is InChI=1S/C24H34F4N2O3SSi/c1-22(2,3)33-21(31)30(14-32-11-12-35(5,6)7)20-29-23(4,15-9-8-10-16(25)18(15)26)17-13-24(17,34-20)19(27)28/h8-10,17,19H,11-14H2,1-7H3/t17-,23+,24-/m0/s1. The number of hydrogen-bond donors (Lipinski definition) is 0. The van der Waals surface area contributed by atoms with Gasteiger partial charge in [0.25, 0.3) is 6.43 Å². The average molecular weight is 535 g/mol. The zero-order valence-electron chi connectivity index (χ0n) is 21.3. The number of fused-ring (bicyclic) bond motifs is 1. The van der Waals surface area contributed by atoms with E-state index in [9.17, 15) is 22.4 Å². The summed E-state index contributed by atoms with van der Waals surface area (Å²) in [5.74, 6) is -2.94. The molecule has 1 heterocycles. The van der Waals surface area contributed by atoms with Crippen LogP contribution in [-0.2, 0) is 15.0 Å². The highest BCUT2D eigenvalue weighted by atomic mass is 32.2. The second kappa shape index (κ2) is 9.70. The molecule has 3 atom stereocenters. The molecule has 0 spiro atoms. The van der Waals surface area contributed by atoms with Crippen molar-refractivity contribution >= 4 is 31.1 Å². The minimum absolute atomic E-state index is 0.0486. The van der Waals surface area contributed by atoms with Gasteiger partial charge in [0.05, 0.1) is 10.3 Å². The molecule has 0 saturated heterocycles. The Hall–Kier alpha value is -1.59. The Morgan fingerprint density at radius 3 is 2.51 bits per heavy atom. The Kier molecular flexibility index (Phi) is 7.76. The summed E-state index contributed by atoms with van der Waals surface area (Å²) in [5, 5.41) is -0.0486. The summed E-state index contributed by atoms with van der Waals surface area (Å²) in [7, 11) is -1.42. The van der Waals surface area contributed by atoms with Crippen molar-refractivity contribution in [3.8, 4) is 0 Å². The Morgan fingerprint density at radius 1 is 1.29 bits per heavy atom. The first-order chi connectivity index (χ1) is 16.0. The van der Waals surface area contributed by atoms with Crippen LogP contribution in [0.3, 0.4) is 0 Å². The van der Waals surface area contributed by atoms with E-state index < -0.39 is 54.0 Å². The van der Waals surface area contributed by atoms with Gasteiger partial charge in [0, 0.05) is 26.2 Å². The molecule has 2 aliphatic rings. The number of carbonyl (C=O) groups is 1. The lowest BCUT2D eigenvalue weighted by molar-refractivity contribution is 0.0108. The number of ether oxygens (including phenoxy) is 2. The van der Waals surface area contributed by atoms with Gasteiger partial charge in [-0.1, -0.05) is 43.5 Å². The van der Waals surface area contributed by atoms with Crippen molar-refractivity contribution < 1.29 is 31.8 Å². The van der Waals surface area contributed by atoms with Gasteiger partial charge in [-0.3, -0.25) is 4.99 Å². The molecule has 3 rings (SSSR count). The van der Waals surface area contributed by atoms with Crippen molar-refractivity contribution in [2.24, 2.45) is 10.9 Å². The van der Waals surface area contributed by atoms with Crippen LogP contribution in [0.5, 0.6) is 0 Å². The van der Waals surface area contributed by atoms with E-state index in [1.165, 1.54) is 19.1 Å². The van der Waals surface area contributed by atoms with Crippen molar-refractivity contribution in [3.05, 3.63) is 35.4 Å². The first kappa shape index (κ1) is 28.0. The van der Waals surface area contributed by atoms with Gasteiger partial charge in [0.1, 0.15) is 12.3 Å². The first-order valence-electron chi connectivity index (χ1n) is 11.6. The molecule has 0 radical (unpaired) electrons. The van der Waals surface area contributed by atoms with E-state index in [4.69, 9.17) is 9.47 Å². The molecular weight excluding hydrogens is 500 g/mol. The summed E-state index contributed by atoms with van der Waals surface area (Å²) >= 11 is 0.787. The van der Waals surface area contributed by atoms with Crippen LogP contribution in [0.15, 0.2) is 23.2 Å². The molecule has 1 saturated carbocycles. The van der Waals surface area contributed by atoms with E-state index in [1.54, 1.807) is 20.8 Å². The molecule has 1 fully saturated rings. The number of amidine groups is 1. The molecule has 1 aliphatic heterocycles. The highest BCUT2D eigenvalue weighted by Gasteiger charge is 2.72. The zero-order valence-corrected chi connectivity index (χ0v) is 23.1. The number of rotatable bonds is 7. The van der Waals surface area contributed by atoms with Crippen molar-refractivity contribution in [2.75, 3.05) is 13.3 Å². The Morgan fingerprint density at radius 2 is 1.94 bits per heavy atom. The van der Waals surface area contributed by atoms with Crippen molar-refractivity contribution in [2.45, 2.75) is 82.1 Å². The molecule has 0 aromatic heterocycles. The minimum atomic E-state index is -2.76. The summed E-state index contributed by atoms with van der Waals surface area (Å²) < 4.78 is 67.3. The van der Waals surface area contributed by atoms with Gasteiger partial charge in [-0.05, 0) is 46.2 Å². The van der Waals surface area contributed by atoms with Crippen LogP contribution in [-0.4, -0.2) is 54.3 Å². The molecule has 1 amide bonds. The Balaban J connectivity index is 2.02. The van der Waals surface area contributed by atoms with Crippen LogP contribution in [0.2, 0.25) is 25.7 Å². The van der Waals surface area contributed by atoms with Gasteiger partial charge >= 0.3 is 6.09 Å². The van der Waals surface area contributed by atoms with Crippen molar-refractivity contribution in [3.63, 3.8) is 0 Å². The summed E-state index contributed by atoms with van der Waals surface area (Å²) in [5.41, 5.74) is -2.47. The fraction of sp³-hybridized carbons (Fsp3) is 0.667. The third kappa shape index (κ3) is 6.04. The van der Waals surface area contributed by atoms with Crippen LogP contribution >= 0.6 is 11.8 Å². The van der Waals surface area contributed by atoms with E-state index in [1.807, 2.05) is 0 Å². The number of halogens is 4. The van der Waals surface area contributed by atoms with Gasteiger partial charge in [-0.2, -0.15) is 0 Å². The number of benzene rings is 1. The van der Waals surface area contributed by atoms with E-state index >= 15 is 0 Å². The molecule has 35 heavy (non-hydrogen) atoms. The molecule has 0 unspecified atom stereocenters.